The molecule has 1 aliphatic rings. The summed E-state index contributed by atoms with van der Waals surface area (Å²) in [6.45, 7) is 2.51. The molecule has 164 valence electrons. The largest absolute Gasteiger partial charge is 0.493 e. The maximum atomic E-state index is 12.7. The molecule has 0 saturated carbocycles. The van der Waals surface area contributed by atoms with Crippen molar-refractivity contribution in [3.8, 4) is 11.5 Å². The quantitative estimate of drug-likeness (QED) is 0.594. The normalized spacial score (nSPS) is 13.2. The number of rotatable bonds is 8. The number of carbonyl (C=O) groups is 2. The van der Waals surface area contributed by atoms with Crippen LogP contribution in [-0.2, 0) is 0 Å². The molecule has 0 fully saturated rings. The molecule has 0 spiro atoms. The van der Waals surface area contributed by atoms with Crippen molar-refractivity contribution in [1.82, 2.24) is 5.32 Å². The SMILES string of the molecule is COc1ccc(C(=O)Nc2cc(C(=O)NCCC3=CCCCC3)ccc2C)cc1OC. The first-order chi connectivity index (χ1) is 15.0. The standard InChI is InChI=1S/C25H30N2O4/c1-17-9-10-19(24(28)26-14-13-18-7-5-4-6-8-18)15-21(17)27-25(29)20-11-12-22(30-2)23(16-20)31-3/h7,9-12,15-16H,4-6,8,13-14H2,1-3H3,(H,26,28)(H,27,29). The molecule has 2 N–H and O–H groups in total. The molecule has 2 amide bonds. The zero-order chi connectivity index (χ0) is 22.2. The van der Waals surface area contributed by atoms with E-state index in [9.17, 15) is 9.59 Å². The van der Waals surface area contributed by atoms with Gasteiger partial charge in [0.2, 0.25) is 0 Å². The summed E-state index contributed by atoms with van der Waals surface area (Å²) in [6.07, 6.45) is 7.96. The van der Waals surface area contributed by atoms with Crippen molar-refractivity contribution >= 4 is 17.5 Å². The third kappa shape index (κ3) is 5.87. The predicted octanol–water partition coefficient (Wildman–Crippen LogP) is 4.88. The van der Waals surface area contributed by atoms with E-state index in [1.54, 1.807) is 37.4 Å². The molecule has 2 aromatic rings. The summed E-state index contributed by atoms with van der Waals surface area (Å²) in [5.74, 6) is 0.606. The lowest BCUT2D eigenvalue weighted by molar-refractivity contribution is 0.0952. The Bertz CT molecular complexity index is 981. The molecular formula is C25H30N2O4. The van der Waals surface area contributed by atoms with E-state index in [0.717, 1.165) is 24.8 Å². The first-order valence-corrected chi connectivity index (χ1v) is 10.6. The van der Waals surface area contributed by atoms with E-state index in [2.05, 4.69) is 16.7 Å². The molecule has 6 heteroatoms. The van der Waals surface area contributed by atoms with Gasteiger partial charge in [0, 0.05) is 23.4 Å². The summed E-state index contributed by atoms with van der Waals surface area (Å²) in [7, 11) is 3.07. The Balaban J connectivity index is 1.65. The number of allylic oxidation sites excluding steroid dienone is 1. The Morgan fingerprint density at radius 2 is 1.68 bits per heavy atom. The average molecular weight is 423 g/mol. The van der Waals surface area contributed by atoms with Gasteiger partial charge in [-0.2, -0.15) is 0 Å². The van der Waals surface area contributed by atoms with Crippen LogP contribution in [0, 0.1) is 6.92 Å². The van der Waals surface area contributed by atoms with Crippen LogP contribution in [0.3, 0.4) is 0 Å². The zero-order valence-corrected chi connectivity index (χ0v) is 18.4. The van der Waals surface area contributed by atoms with E-state index in [1.165, 1.54) is 25.5 Å². The van der Waals surface area contributed by atoms with Gasteiger partial charge in [-0.25, -0.2) is 0 Å². The van der Waals surface area contributed by atoms with Crippen LogP contribution in [0.2, 0.25) is 0 Å². The monoisotopic (exact) mass is 422 g/mol. The highest BCUT2D eigenvalue weighted by molar-refractivity contribution is 6.06. The molecular weight excluding hydrogens is 392 g/mol. The molecule has 0 aromatic heterocycles. The van der Waals surface area contributed by atoms with Gasteiger partial charge in [0.05, 0.1) is 14.2 Å². The molecule has 3 rings (SSSR count). The molecule has 2 aromatic carbocycles. The number of ether oxygens (including phenoxy) is 2. The van der Waals surface area contributed by atoms with Gasteiger partial charge in [0.15, 0.2) is 11.5 Å². The van der Waals surface area contributed by atoms with Crippen molar-refractivity contribution in [3.05, 3.63) is 64.7 Å². The second-order valence-corrected chi connectivity index (χ2v) is 7.67. The molecule has 31 heavy (non-hydrogen) atoms. The minimum Gasteiger partial charge on any atom is -0.493 e. The second-order valence-electron chi connectivity index (χ2n) is 7.67. The molecule has 1 aliphatic carbocycles. The van der Waals surface area contributed by atoms with Gasteiger partial charge in [0.25, 0.3) is 11.8 Å². The first kappa shape index (κ1) is 22.4. The van der Waals surface area contributed by atoms with E-state index in [1.807, 2.05) is 13.0 Å². The van der Waals surface area contributed by atoms with Gasteiger partial charge in [-0.3, -0.25) is 9.59 Å². The number of carbonyl (C=O) groups excluding carboxylic acids is 2. The van der Waals surface area contributed by atoms with E-state index in [-0.39, 0.29) is 11.8 Å². The number of hydrogen-bond acceptors (Lipinski definition) is 4. The van der Waals surface area contributed by atoms with Crippen LogP contribution < -0.4 is 20.1 Å². The van der Waals surface area contributed by atoms with Crippen LogP contribution in [0.25, 0.3) is 0 Å². The maximum absolute atomic E-state index is 12.7. The van der Waals surface area contributed by atoms with Crippen molar-refractivity contribution in [3.63, 3.8) is 0 Å². The van der Waals surface area contributed by atoms with E-state index in [0.29, 0.717) is 34.9 Å². The summed E-state index contributed by atoms with van der Waals surface area (Å²) >= 11 is 0. The lowest BCUT2D eigenvalue weighted by atomic mass is 9.97. The number of benzene rings is 2. The summed E-state index contributed by atoms with van der Waals surface area (Å²) in [5.41, 5.74) is 3.86. The Morgan fingerprint density at radius 1 is 0.935 bits per heavy atom. The smallest absolute Gasteiger partial charge is 0.255 e. The van der Waals surface area contributed by atoms with Gasteiger partial charge < -0.3 is 20.1 Å². The Morgan fingerprint density at radius 3 is 2.39 bits per heavy atom. The summed E-state index contributed by atoms with van der Waals surface area (Å²) in [5, 5.41) is 5.88. The molecule has 0 atom stereocenters. The maximum Gasteiger partial charge on any atom is 0.255 e. The van der Waals surface area contributed by atoms with Crippen LogP contribution in [0.5, 0.6) is 11.5 Å². The Kier molecular flexibility index (Phi) is 7.70. The van der Waals surface area contributed by atoms with Crippen molar-refractivity contribution < 1.29 is 19.1 Å². The van der Waals surface area contributed by atoms with Crippen molar-refractivity contribution in [2.75, 3.05) is 26.1 Å². The molecule has 6 nitrogen and oxygen atoms in total. The Labute approximate surface area is 183 Å². The fourth-order valence-corrected chi connectivity index (χ4v) is 3.64. The number of hydrogen-bond donors (Lipinski definition) is 2. The van der Waals surface area contributed by atoms with Crippen molar-refractivity contribution in [1.29, 1.82) is 0 Å². The van der Waals surface area contributed by atoms with E-state index < -0.39 is 0 Å². The molecule has 0 saturated heterocycles. The zero-order valence-electron chi connectivity index (χ0n) is 18.4. The van der Waals surface area contributed by atoms with Crippen LogP contribution >= 0.6 is 0 Å². The third-order valence-electron chi connectivity index (χ3n) is 5.51. The first-order valence-electron chi connectivity index (χ1n) is 10.6. The van der Waals surface area contributed by atoms with Gasteiger partial charge in [-0.05, 0) is 74.9 Å². The minimum absolute atomic E-state index is 0.141. The van der Waals surface area contributed by atoms with Gasteiger partial charge in [-0.15, -0.1) is 0 Å². The van der Waals surface area contributed by atoms with Crippen LogP contribution in [0.1, 0.15) is 58.4 Å². The predicted molar refractivity (Wildman–Crippen MR) is 122 cm³/mol. The van der Waals surface area contributed by atoms with Gasteiger partial charge in [-0.1, -0.05) is 17.7 Å². The van der Waals surface area contributed by atoms with E-state index in [4.69, 9.17) is 9.47 Å². The molecule has 0 radical (unpaired) electrons. The molecule has 0 aliphatic heterocycles. The lowest BCUT2D eigenvalue weighted by Gasteiger charge is -2.14. The minimum atomic E-state index is -0.286. The molecule has 0 unspecified atom stereocenters. The molecule has 0 bridgehead atoms. The molecule has 0 heterocycles. The summed E-state index contributed by atoms with van der Waals surface area (Å²) < 4.78 is 10.5. The average Bonchev–Trinajstić information content (AvgIpc) is 2.80. The highest BCUT2D eigenvalue weighted by atomic mass is 16.5. The summed E-state index contributed by atoms with van der Waals surface area (Å²) in [6, 6.07) is 10.3. The second kappa shape index (κ2) is 10.7. The van der Waals surface area contributed by atoms with E-state index >= 15 is 0 Å². The topological polar surface area (TPSA) is 76.7 Å². The fraction of sp³-hybridized carbons (Fsp3) is 0.360. The Hall–Kier alpha value is -3.28. The lowest BCUT2D eigenvalue weighted by Crippen LogP contribution is -2.25. The number of amides is 2. The van der Waals surface area contributed by atoms with Crippen LogP contribution in [0.4, 0.5) is 5.69 Å². The van der Waals surface area contributed by atoms with Crippen LogP contribution in [-0.4, -0.2) is 32.6 Å². The van der Waals surface area contributed by atoms with Gasteiger partial charge in [0.1, 0.15) is 0 Å². The van der Waals surface area contributed by atoms with Crippen LogP contribution in [0.15, 0.2) is 48.0 Å². The third-order valence-corrected chi connectivity index (χ3v) is 5.51. The number of methoxy groups -OCH3 is 2. The fourth-order valence-electron chi connectivity index (χ4n) is 3.64. The number of anilines is 1. The number of aryl methyl sites for hydroxylation is 1. The van der Waals surface area contributed by atoms with Crippen molar-refractivity contribution in [2.24, 2.45) is 0 Å². The van der Waals surface area contributed by atoms with Gasteiger partial charge >= 0.3 is 0 Å². The number of nitrogens with one attached hydrogen (secondary N) is 2. The van der Waals surface area contributed by atoms with Crippen molar-refractivity contribution in [2.45, 2.75) is 39.0 Å². The highest BCUT2D eigenvalue weighted by Crippen LogP contribution is 2.28. The summed E-state index contributed by atoms with van der Waals surface area (Å²) in [4.78, 5) is 25.3. The highest BCUT2D eigenvalue weighted by Gasteiger charge is 2.14.